The van der Waals surface area contributed by atoms with Gasteiger partial charge in [-0.15, -0.1) is 0 Å². The number of carbonyl (C=O) groups is 1. The molecule has 1 unspecified atom stereocenters. The van der Waals surface area contributed by atoms with Crippen LogP contribution in [0, 0.1) is 5.92 Å². The van der Waals surface area contributed by atoms with Gasteiger partial charge in [0.25, 0.3) is 0 Å². The van der Waals surface area contributed by atoms with E-state index in [9.17, 15) is 23.1 Å². The number of nitrogens with two attached hydrogens (primary N) is 1. The van der Waals surface area contributed by atoms with Gasteiger partial charge in [0.1, 0.15) is 12.1 Å². The smallest absolute Gasteiger partial charge is 0.392 e. The van der Waals surface area contributed by atoms with E-state index in [4.69, 9.17) is 5.73 Å². The van der Waals surface area contributed by atoms with Crippen molar-refractivity contribution < 1.29 is 23.1 Å². The van der Waals surface area contributed by atoms with E-state index in [0.29, 0.717) is 42.9 Å². The number of halogens is 3. The number of amides is 1. The van der Waals surface area contributed by atoms with Gasteiger partial charge < -0.3 is 20.6 Å². The summed E-state index contributed by atoms with van der Waals surface area (Å²) in [5, 5.41) is 10.7. The van der Waals surface area contributed by atoms with Gasteiger partial charge in [-0.3, -0.25) is 9.69 Å². The summed E-state index contributed by atoms with van der Waals surface area (Å²) in [7, 11) is 3.91. The van der Waals surface area contributed by atoms with Crippen molar-refractivity contribution in [2.45, 2.75) is 50.0 Å². The Kier molecular flexibility index (Phi) is 7.48. The number of aliphatic hydroxyl groups excluding tert-OH is 1. The predicted octanol–water partition coefficient (Wildman–Crippen LogP) is 2.11. The van der Waals surface area contributed by atoms with E-state index in [0.717, 1.165) is 37.8 Å². The van der Waals surface area contributed by atoms with E-state index in [1.165, 1.54) is 12.4 Å². The maximum absolute atomic E-state index is 13.3. The number of aliphatic hydroxyl groups is 1. The maximum atomic E-state index is 13.3. The second-order valence-corrected chi connectivity index (χ2v) is 10.0. The van der Waals surface area contributed by atoms with E-state index in [-0.39, 0.29) is 24.1 Å². The Labute approximate surface area is 202 Å². The molecular weight excluding hydrogens is 461 g/mol. The molecule has 11 heteroatoms. The quantitative estimate of drug-likeness (QED) is 0.580. The van der Waals surface area contributed by atoms with Crippen molar-refractivity contribution >= 4 is 22.6 Å². The Bertz CT molecular complexity index is 1040. The number of anilines is 1. The maximum Gasteiger partial charge on any atom is 0.416 e. The van der Waals surface area contributed by atoms with Crippen LogP contribution in [0.15, 0.2) is 24.5 Å². The van der Waals surface area contributed by atoms with Crippen molar-refractivity contribution in [3.05, 3.63) is 30.1 Å². The molecule has 2 aromatic rings. The number of benzene rings is 1. The second-order valence-electron chi connectivity index (χ2n) is 10.0. The summed E-state index contributed by atoms with van der Waals surface area (Å²) < 4.78 is 40.0. The number of carbonyl (C=O) groups excluding carboxylic acids is 1. The van der Waals surface area contributed by atoms with E-state index >= 15 is 0 Å². The summed E-state index contributed by atoms with van der Waals surface area (Å²) in [5.74, 6) is 0.0185. The average Bonchev–Trinajstić information content (AvgIpc) is 2.75. The number of nitrogens with zero attached hydrogens (tertiary/aromatic N) is 5. The third-order valence-corrected chi connectivity index (χ3v) is 7.23. The first-order chi connectivity index (χ1) is 16.5. The van der Waals surface area contributed by atoms with Crippen molar-refractivity contribution in [2.24, 2.45) is 11.7 Å². The minimum absolute atomic E-state index is 0.0906. The Balaban J connectivity index is 1.46. The van der Waals surface area contributed by atoms with Gasteiger partial charge in [0.2, 0.25) is 5.91 Å². The fourth-order valence-electron chi connectivity index (χ4n) is 5.35. The van der Waals surface area contributed by atoms with Crippen molar-refractivity contribution in [3.63, 3.8) is 0 Å². The van der Waals surface area contributed by atoms with Crippen molar-refractivity contribution in [1.29, 1.82) is 0 Å². The van der Waals surface area contributed by atoms with Crippen LogP contribution in [0.25, 0.3) is 10.9 Å². The summed E-state index contributed by atoms with van der Waals surface area (Å²) >= 11 is 0. The number of rotatable bonds is 8. The number of likely N-dealkylation sites (tertiary alicyclic amines) is 1. The number of aromatic nitrogens is 2. The van der Waals surface area contributed by atoms with Crippen molar-refractivity contribution in [1.82, 2.24) is 19.8 Å². The Morgan fingerprint density at radius 2 is 1.89 bits per heavy atom. The molecule has 0 radical (unpaired) electrons. The molecule has 8 nitrogen and oxygen atoms in total. The molecule has 2 aliphatic rings. The highest BCUT2D eigenvalue weighted by atomic mass is 19.4. The standard InChI is InChI=1S/C24H33F3N6O2/c1-31(2)12-21(34)15-3-6-17(7-4-15)32-10-18(11-32)33(13-22(28)35)23-19-9-16(24(25,26)27)5-8-20(19)29-14-30-23/h5,8-9,14-15,17-18,21,34H,3-4,6-7,10-13H2,1-2H3,(H2,28,35). The molecule has 1 aromatic carbocycles. The second kappa shape index (κ2) is 10.2. The zero-order valence-corrected chi connectivity index (χ0v) is 20.1. The minimum Gasteiger partial charge on any atom is -0.392 e. The van der Waals surface area contributed by atoms with E-state index in [1.807, 2.05) is 19.0 Å². The molecule has 1 atom stereocenters. The third-order valence-electron chi connectivity index (χ3n) is 7.23. The molecule has 2 fully saturated rings. The van der Waals surface area contributed by atoms with Gasteiger partial charge in [0.15, 0.2) is 0 Å². The summed E-state index contributed by atoms with van der Waals surface area (Å²) in [6.07, 6.45) is 0.378. The zero-order valence-electron chi connectivity index (χ0n) is 20.1. The first kappa shape index (κ1) is 25.6. The van der Waals surface area contributed by atoms with Gasteiger partial charge in [-0.2, -0.15) is 13.2 Å². The third kappa shape index (κ3) is 5.84. The van der Waals surface area contributed by atoms with Gasteiger partial charge in [0, 0.05) is 31.1 Å². The number of hydrogen-bond acceptors (Lipinski definition) is 7. The lowest BCUT2D eigenvalue weighted by atomic mass is 9.81. The van der Waals surface area contributed by atoms with Crippen LogP contribution in [-0.2, 0) is 11.0 Å². The fraction of sp³-hybridized carbons (Fsp3) is 0.625. The van der Waals surface area contributed by atoms with Gasteiger partial charge in [-0.1, -0.05) is 0 Å². The molecular formula is C24H33F3N6O2. The Morgan fingerprint density at radius 1 is 1.20 bits per heavy atom. The highest BCUT2D eigenvalue weighted by molar-refractivity contribution is 5.92. The number of alkyl halides is 3. The molecule has 2 heterocycles. The van der Waals surface area contributed by atoms with Crippen LogP contribution in [-0.4, -0.2) is 89.2 Å². The molecule has 3 N–H and O–H groups in total. The molecule has 35 heavy (non-hydrogen) atoms. The van der Waals surface area contributed by atoms with Crippen molar-refractivity contribution in [3.8, 4) is 0 Å². The SMILES string of the molecule is CN(C)CC(O)C1CCC(N2CC(N(CC(N)=O)c3ncnc4ccc(C(F)(F)F)cc34)C2)CC1. The van der Waals surface area contributed by atoms with Gasteiger partial charge in [-0.25, -0.2) is 9.97 Å². The van der Waals surface area contributed by atoms with Crippen LogP contribution in [0.2, 0.25) is 0 Å². The van der Waals surface area contributed by atoms with Gasteiger partial charge in [-0.05, 0) is 63.9 Å². The molecule has 1 saturated heterocycles. The highest BCUT2D eigenvalue weighted by Crippen LogP contribution is 2.36. The fourth-order valence-corrected chi connectivity index (χ4v) is 5.35. The zero-order chi connectivity index (χ0) is 25.3. The van der Waals surface area contributed by atoms with Crippen LogP contribution in [0.4, 0.5) is 19.0 Å². The van der Waals surface area contributed by atoms with E-state index < -0.39 is 17.6 Å². The largest absolute Gasteiger partial charge is 0.416 e. The monoisotopic (exact) mass is 494 g/mol. The van der Waals surface area contributed by atoms with Crippen LogP contribution in [0.5, 0.6) is 0 Å². The van der Waals surface area contributed by atoms with Gasteiger partial charge in [0.05, 0.1) is 29.8 Å². The van der Waals surface area contributed by atoms with Crippen LogP contribution in [0.3, 0.4) is 0 Å². The van der Waals surface area contributed by atoms with Crippen LogP contribution in [0.1, 0.15) is 31.2 Å². The topological polar surface area (TPSA) is 98.8 Å². The highest BCUT2D eigenvalue weighted by Gasteiger charge is 2.40. The predicted molar refractivity (Wildman–Crippen MR) is 127 cm³/mol. The lowest BCUT2D eigenvalue weighted by molar-refractivity contribution is -0.137. The molecule has 1 aliphatic carbocycles. The number of likely N-dealkylation sites (N-methyl/N-ethyl adjacent to an activating group) is 1. The molecule has 192 valence electrons. The van der Waals surface area contributed by atoms with E-state index in [2.05, 4.69) is 14.9 Å². The summed E-state index contributed by atoms with van der Waals surface area (Å²) in [5.41, 5.74) is 5.09. The molecule has 0 bridgehead atoms. The molecule has 1 saturated carbocycles. The van der Waals surface area contributed by atoms with Gasteiger partial charge >= 0.3 is 6.18 Å². The lowest BCUT2D eigenvalue weighted by Gasteiger charge is -2.50. The summed E-state index contributed by atoms with van der Waals surface area (Å²) in [4.78, 5) is 26.3. The lowest BCUT2D eigenvalue weighted by Crippen LogP contribution is -2.64. The summed E-state index contributed by atoms with van der Waals surface area (Å²) in [6.45, 7) is 1.87. The van der Waals surface area contributed by atoms with Crippen LogP contribution >= 0.6 is 0 Å². The molecule has 1 amide bonds. The Hall–Kier alpha value is -2.50. The first-order valence-electron chi connectivity index (χ1n) is 12.0. The van der Waals surface area contributed by atoms with Crippen LogP contribution < -0.4 is 10.6 Å². The number of hydrogen-bond donors (Lipinski definition) is 2. The molecule has 4 rings (SSSR count). The number of fused-ring (bicyclic) bond motifs is 1. The summed E-state index contributed by atoms with van der Waals surface area (Å²) in [6, 6.07) is 3.65. The van der Waals surface area contributed by atoms with Crippen molar-refractivity contribution in [2.75, 3.05) is 45.2 Å². The molecule has 0 spiro atoms. The first-order valence-corrected chi connectivity index (χ1v) is 12.0. The minimum atomic E-state index is -4.50. The molecule has 1 aliphatic heterocycles. The van der Waals surface area contributed by atoms with E-state index in [1.54, 1.807) is 4.90 Å². The normalized spacial score (nSPS) is 22.8. The number of primary amides is 1. The average molecular weight is 495 g/mol. The Morgan fingerprint density at radius 3 is 2.49 bits per heavy atom. The molecule has 1 aromatic heterocycles.